The molecule has 9 heteroatoms. The van der Waals surface area contributed by atoms with E-state index in [9.17, 15) is 13.2 Å². The van der Waals surface area contributed by atoms with Crippen molar-refractivity contribution in [2.45, 2.75) is 0 Å². The fourth-order valence-corrected chi connectivity index (χ4v) is 3.68. The first kappa shape index (κ1) is 18.3. The quantitative estimate of drug-likeness (QED) is 0.526. The average Bonchev–Trinajstić information content (AvgIpc) is 3.07. The number of nitrogens with one attached hydrogen (secondary N) is 2. The molecule has 2 heterocycles. The van der Waals surface area contributed by atoms with Gasteiger partial charge in [-0.2, -0.15) is 0 Å². The summed E-state index contributed by atoms with van der Waals surface area (Å²) in [6, 6.07) is 15.9. The Morgan fingerprint density at radius 1 is 1.07 bits per heavy atom. The standard InChI is InChI=1S/C19H14ClN3O4S/c1-28(25,26)23-16-10-15(27-22-16)18-17(11-5-3-2-4-6-11)13-9-12(20)7-8-14(13)21-19(18)24/h2-10H,1H3,(H,21,24)(H,22,23). The monoisotopic (exact) mass is 415 g/mol. The van der Waals surface area contributed by atoms with Crippen LogP contribution in [0.1, 0.15) is 0 Å². The highest BCUT2D eigenvalue weighted by atomic mass is 35.5. The van der Waals surface area contributed by atoms with Crippen LogP contribution >= 0.6 is 11.6 Å². The van der Waals surface area contributed by atoms with E-state index in [4.69, 9.17) is 16.1 Å². The number of sulfonamides is 1. The molecule has 4 rings (SSSR count). The van der Waals surface area contributed by atoms with Gasteiger partial charge in [-0.3, -0.25) is 9.52 Å². The molecule has 0 atom stereocenters. The lowest BCUT2D eigenvalue weighted by Gasteiger charge is -2.11. The van der Waals surface area contributed by atoms with Crippen molar-refractivity contribution in [2.75, 3.05) is 11.0 Å². The Morgan fingerprint density at radius 2 is 1.82 bits per heavy atom. The van der Waals surface area contributed by atoms with Crippen molar-refractivity contribution in [3.63, 3.8) is 0 Å². The number of H-pyrrole nitrogens is 1. The maximum atomic E-state index is 12.9. The number of rotatable bonds is 4. The molecule has 2 aromatic heterocycles. The second-order valence-corrected chi connectivity index (χ2v) is 8.40. The molecule has 0 spiro atoms. The zero-order chi connectivity index (χ0) is 19.9. The molecular weight excluding hydrogens is 402 g/mol. The van der Waals surface area contributed by atoms with Crippen molar-refractivity contribution in [3.8, 4) is 22.5 Å². The normalized spacial score (nSPS) is 11.6. The van der Waals surface area contributed by atoms with Gasteiger partial charge in [0.2, 0.25) is 10.0 Å². The molecule has 0 saturated carbocycles. The number of hydrogen-bond donors (Lipinski definition) is 2. The minimum Gasteiger partial charge on any atom is -0.354 e. The van der Waals surface area contributed by atoms with Crippen LogP contribution < -0.4 is 10.3 Å². The van der Waals surface area contributed by atoms with Crippen LogP contribution in [-0.4, -0.2) is 24.8 Å². The van der Waals surface area contributed by atoms with Crippen LogP contribution in [0, 0.1) is 0 Å². The summed E-state index contributed by atoms with van der Waals surface area (Å²) in [5.74, 6) is 0.121. The highest BCUT2D eigenvalue weighted by Gasteiger charge is 2.21. The Balaban J connectivity index is 2.03. The molecule has 0 aliphatic carbocycles. The number of fused-ring (bicyclic) bond motifs is 1. The van der Waals surface area contributed by atoms with Gasteiger partial charge in [0.15, 0.2) is 11.6 Å². The Bertz CT molecular complexity index is 1340. The van der Waals surface area contributed by atoms with E-state index in [1.807, 2.05) is 30.3 Å². The fourth-order valence-electron chi connectivity index (χ4n) is 3.04. The summed E-state index contributed by atoms with van der Waals surface area (Å²) in [6.45, 7) is 0. The van der Waals surface area contributed by atoms with Crippen molar-refractivity contribution in [3.05, 3.63) is 70.0 Å². The van der Waals surface area contributed by atoms with Gasteiger partial charge in [-0.15, -0.1) is 0 Å². The van der Waals surface area contributed by atoms with Crippen molar-refractivity contribution < 1.29 is 12.9 Å². The Morgan fingerprint density at radius 3 is 2.54 bits per heavy atom. The summed E-state index contributed by atoms with van der Waals surface area (Å²) in [5, 5.41) is 4.95. The van der Waals surface area contributed by atoms with Crippen LogP contribution in [0.4, 0.5) is 5.82 Å². The highest BCUT2D eigenvalue weighted by Crippen LogP contribution is 2.36. The van der Waals surface area contributed by atoms with Gasteiger partial charge in [0.25, 0.3) is 5.56 Å². The molecule has 2 aromatic carbocycles. The summed E-state index contributed by atoms with van der Waals surface area (Å²) in [7, 11) is -3.53. The molecule has 0 fully saturated rings. The Labute approximate surface area is 165 Å². The molecule has 0 aliphatic rings. The molecule has 2 N–H and O–H groups in total. The Hall–Kier alpha value is -3.10. The number of benzene rings is 2. The van der Waals surface area contributed by atoms with Crippen molar-refractivity contribution in [1.29, 1.82) is 0 Å². The predicted octanol–water partition coefficient (Wildman–Crippen LogP) is 3.88. The van der Waals surface area contributed by atoms with Crippen molar-refractivity contribution in [2.24, 2.45) is 0 Å². The van der Waals surface area contributed by atoms with E-state index in [1.165, 1.54) is 6.07 Å². The van der Waals surface area contributed by atoms with Crippen LogP contribution in [-0.2, 0) is 10.0 Å². The number of pyridine rings is 1. The van der Waals surface area contributed by atoms with Crippen LogP contribution in [0.2, 0.25) is 5.02 Å². The molecule has 4 aromatic rings. The number of anilines is 1. The van der Waals surface area contributed by atoms with Gasteiger partial charge in [0.1, 0.15) is 0 Å². The molecule has 7 nitrogen and oxygen atoms in total. The van der Waals surface area contributed by atoms with Gasteiger partial charge < -0.3 is 9.51 Å². The lowest BCUT2D eigenvalue weighted by Crippen LogP contribution is -2.11. The maximum absolute atomic E-state index is 12.9. The first-order chi connectivity index (χ1) is 13.3. The molecule has 28 heavy (non-hydrogen) atoms. The van der Waals surface area contributed by atoms with Gasteiger partial charge in [-0.25, -0.2) is 8.42 Å². The smallest absolute Gasteiger partial charge is 0.260 e. The molecular formula is C19H14ClN3O4S. The number of hydrogen-bond acceptors (Lipinski definition) is 5. The molecule has 0 unspecified atom stereocenters. The minimum atomic E-state index is -3.53. The first-order valence-electron chi connectivity index (χ1n) is 8.18. The summed E-state index contributed by atoms with van der Waals surface area (Å²) in [4.78, 5) is 15.7. The van der Waals surface area contributed by atoms with Crippen LogP contribution in [0.3, 0.4) is 0 Å². The van der Waals surface area contributed by atoms with Gasteiger partial charge >= 0.3 is 0 Å². The van der Waals surface area contributed by atoms with E-state index < -0.39 is 15.6 Å². The number of aromatic amines is 1. The lowest BCUT2D eigenvalue weighted by atomic mass is 9.95. The predicted molar refractivity (Wildman–Crippen MR) is 109 cm³/mol. The average molecular weight is 416 g/mol. The molecule has 0 bridgehead atoms. The van der Waals surface area contributed by atoms with Crippen molar-refractivity contribution in [1.82, 2.24) is 10.1 Å². The van der Waals surface area contributed by atoms with E-state index in [1.54, 1.807) is 18.2 Å². The topological polar surface area (TPSA) is 105 Å². The third-order valence-corrected chi connectivity index (χ3v) is 4.90. The second kappa shape index (κ2) is 6.81. The van der Waals surface area contributed by atoms with E-state index in [0.29, 0.717) is 16.1 Å². The number of aromatic nitrogens is 2. The van der Waals surface area contributed by atoms with Crippen LogP contribution in [0.25, 0.3) is 33.4 Å². The largest absolute Gasteiger partial charge is 0.354 e. The van der Waals surface area contributed by atoms with Crippen LogP contribution in [0.15, 0.2) is 63.9 Å². The van der Waals surface area contributed by atoms with Crippen LogP contribution in [0.5, 0.6) is 0 Å². The van der Waals surface area contributed by atoms with E-state index in [2.05, 4.69) is 14.9 Å². The second-order valence-electron chi connectivity index (χ2n) is 6.21. The van der Waals surface area contributed by atoms with E-state index in [0.717, 1.165) is 17.2 Å². The lowest BCUT2D eigenvalue weighted by molar-refractivity contribution is 0.435. The fraction of sp³-hybridized carbons (Fsp3) is 0.0526. The van der Waals surface area contributed by atoms with Gasteiger partial charge in [0, 0.05) is 27.6 Å². The summed E-state index contributed by atoms with van der Waals surface area (Å²) in [5.41, 5.74) is 1.85. The molecule has 0 aliphatic heterocycles. The third kappa shape index (κ3) is 3.51. The summed E-state index contributed by atoms with van der Waals surface area (Å²) in [6.07, 6.45) is 1.00. The minimum absolute atomic E-state index is 0.0119. The highest BCUT2D eigenvalue weighted by molar-refractivity contribution is 7.92. The Kier molecular flexibility index (Phi) is 4.44. The number of nitrogens with zero attached hydrogens (tertiary/aromatic N) is 1. The zero-order valence-corrected chi connectivity index (χ0v) is 16.1. The SMILES string of the molecule is CS(=O)(=O)Nc1cc(-c2c(-c3ccccc3)c3cc(Cl)ccc3[nH]c2=O)on1. The van der Waals surface area contributed by atoms with Gasteiger partial charge in [-0.05, 0) is 23.8 Å². The maximum Gasteiger partial charge on any atom is 0.260 e. The van der Waals surface area contributed by atoms with E-state index >= 15 is 0 Å². The van der Waals surface area contributed by atoms with Gasteiger partial charge in [0.05, 0.1) is 11.8 Å². The first-order valence-corrected chi connectivity index (χ1v) is 10.4. The van der Waals surface area contributed by atoms with E-state index in [-0.39, 0.29) is 17.1 Å². The number of halogens is 1. The summed E-state index contributed by atoms with van der Waals surface area (Å²) < 4.78 is 30.4. The third-order valence-electron chi connectivity index (χ3n) is 4.09. The molecule has 0 saturated heterocycles. The zero-order valence-electron chi connectivity index (χ0n) is 14.6. The summed E-state index contributed by atoms with van der Waals surface area (Å²) >= 11 is 6.19. The molecule has 142 valence electrons. The van der Waals surface area contributed by atoms with Gasteiger partial charge in [-0.1, -0.05) is 47.1 Å². The van der Waals surface area contributed by atoms with Crippen molar-refractivity contribution >= 4 is 38.3 Å². The molecule has 0 amide bonds. The molecule has 0 radical (unpaired) electrons.